The number of nitrogens with zero attached hydrogens (tertiary/aromatic N) is 1. The summed E-state index contributed by atoms with van der Waals surface area (Å²) in [7, 11) is 0. The van der Waals surface area contributed by atoms with Gasteiger partial charge in [-0.2, -0.15) is 5.10 Å². The molecule has 0 saturated heterocycles. The molecule has 3 aromatic rings. The molecule has 0 aromatic heterocycles. The zero-order chi connectivity index (χ0) is 22.4. The average Bonchev–Trinajstić information content (AvgIpc) is 2.73. The molecule has 0 saturated carbocycles. The van der Waals surface area contributed by atoms with Gasteiger partial charge in [0.25, 0.3) is 5.91 Å². The second-order valence-corrected chi connectivity index (χ2v) is 9.82. The molecule has 0 atom stereocenters. The molecule has 1 N–H and O–H groups in total. The molecule has 0 unspecified atom stereocenters. The third-order valence-electron chi connectivity index (χ3n) is 4.64. The predicted molar refractivity (Wildman–Crippen MR) is 133 cm³/mol. The third-order valence-corrected chi connectivity index (χ3v) is 5.82. The molecule has 1 amide bonds. The molecule has 0 aliphatic carbocycles. The van der Waals surface area contributed by atoms with Crippen molar-refractivity contribution in [3.8, 4) is 5.75 Å². The van der Waals surface area contributed by atoms with Crippen LogP contribution in [0.5, 0.6) is 5.75 Å². The van der Waals surface area contributed by atoms with Crippen LogP contribution in [0, 0.1) is 0 Å². The number of halogens is 2. The van der Waals surface area contributed by atoms with E-state index in [2.05, 4.69) is 63.2 Å². The van der Waals surface area contributed by atoms with E-state index < -0.39 is 0 Å². The molecular formula is C25H24Br2N2O2. The van der Waals surface area contributed by atoms with Crippen molar-refractivity contribution in [2.24, 2.45) is 5.10 Å². The highest BCUT2D eigenvalue weighted by Crippen LogP contribution is 2.35. The van der Waals surface area contributed by atoms with Crippen molar-refractivity contribution < 1.29 is 9.53 Å². The number of carbonyl (C=O) groups is 1. The van der Waals surface area contributed by atoms with Gasteiger partial charge in [0, 0.05) is 5.56 Å². The fourth-order valence-electron chi connectivity index (χ4n) is 2.87. The van der Waals surface area contributed by atoms with E-state index in [1.165, 1.54) is 5.56 Å². The van der Waals surface area contributed by atoms with Gasteiger partial charge < -0.3 is 4.74 Å². The number of nitrogens with one attached hydrogen (secondary N) is 1. The highest BCUT2D eigenvalue weighted by atomic mass is 79.9. The first-order valence-electron chi connectivity index (χ1n) is 9.84. The summed E-state index contributed by atoms with van der Waals surface area (Å²) >= 11 is 7.10. The molecule has 160 valence electrons. The minimum absolute atomic E-state index is 0.0465. The summed E-state index contributed by atoms with van der Waals surface area (Å²) in [5.41, 5.74) is 6.27. The van der Waals surface area contributed by atoms with Crippen LogP contribution in [0.1, 0.15) is 47.8 Å². The van der Waals surface area contributed by atoms with Crippen LogP contribution >= 0.6 is 31.9 Å². The topological polar surface area (TPSA) is 50.7 Å². The average molecular weight is 544 g/mol. The molecule has 0 aliphatic rings. The van der Waals surface area contributed by atoms with Gasteiger partial charge >= 0.3 is 0 Å². The Morgan fingerprint density at radius 3 is 2.19 bits per heavy atom. The predicted octanol–water partition coefficient (Wildman–Crippen LogP) is 6.85. The van der Waals surface area contributed by atoms with Crippen molar-refractivity contribution >= 4 is 44.0 Å². The Morgan fingerprint density at radius 2 is 1.61 bits per heavy atom. The molecule has 0 heterocycles. The molecule has 3 rings (SSSR count). The molecule has 6 heteroatoms. The Morgan fingerprint density at radius 1 is 1.00 bits per heavy atom. The Balaban J connectivity index is 1.62. The van der Waals surface area contributed by atoms with Crippen LogP contribution in [0.4, 0.5) is 0 Å². The number of amides is 1. The smallest absolute Gasteiger partial charge is 0.271 e. The van der Waals surface area contributed by atoms with Gasteiger partial charge in [-0.3, -0.25) is 4.79 Å². The summed E-state index contributed by atoms with van der Waals surface area (Å²) in [6.07, 6.45) is 1.60. The number of hydrogen-bond donors (Lipinski definition) is 1. The Bertz CT molecular complexity index is 1050. The van der Waals surface area contributed by atoms with E-state index in [0.29, 0.717) is 17.9 Å². The van der Waals surface area contributed by atoms with E-state index in [9.17, 15) is 4.79 Å². The van der Waals surface area contributed by atoms with Crippen molar-refractivity contribution in [2.45, 2.75) is 32.8 Å². The maximum Gasteiger partial charge on any atom is 0.271 e. The number of ether oxygens (including phenoxy) is 1. The van der Waals surface area contributed by atoms with Crippen LogP contribution in [0.15, 0.2) is 80.8 Å². The second-order valence-electron chi connectivity index (χ2n) is 8.11. The van der Waals surface area contributed by atoms with Crippen LogP contribution in [-0.2, 0) is 12.0 Å². The minimum atomic E-state index is -0.252. The SMILES string of the molecule is CC(C)(C)c1ccc(C(=O)N/N=C\c2cc(Br)c(OCc3ccccc3)c(Br)c2)cc1. The van der Waals surface area contributed by atoms with E-state index in [0.717, 1.165) is 20.1 Å². The van der Waals surface area contributed by atoms with Crippen LogP contribution in [-0.4, -0.2) is 12.1 Å². The van der Waals surface area contributed by atoms with Crippen molar-refractivity contribution in [3.63, 3.8) is 0 Å². The molecule has 0 spiro atoms. The van der Waals surface area contributed by atoms with Crippen molar-refractivity contribution in [2.75, 3.05) is 0 Å². The largest absolute Gasteiger partial charge is 0.487 e. The quantitative estimate of drug-likeness (QED) is 0.273. The fraction of sp³-hybridized carbons (Fsp3) is 0.200. The van der Waals surface area contributed by atoms with Crippen molar-refractivity contribution in [3.05, 3.63) is 97.9 Å². The lowest BCUT2D eigenvalue weighted by Crippen LogP contribution is -2.18. The van der Waals surface area contributed by atoms with Gasteiger partial charge in [-0.05, 0) is 78.2 Å². The third kappa shape index (κ3) is 6.52. The Hall–Kier alpha value is -2.44. The summed E-state index contributed by atoms with van der Waals surface area (Å²) < 4.78 is 7.52. The van der Waals surface area contributed by atoms with E-state index in [-0.39, 0.29) is 11.3 Å². The zero-order valence-electron chi connectivity index (χ0n) is 17.7. The van der Waals surface area contributed by atoms with Gasteiger partial charge in [0.15, 0.2) is 0 Å². The van der Waals surface area contributed by atoms with Crippen LogP contribution in [0.25, 0.3) is 0 Å². The molecule has 3 aromatic carbocycles. The van der Waals surface area contributed by atoms with E-state index in [1.54, 1.807) is 6.21 Å². The lowest BCUT2D eigenvalue weighted by Gasteiger charge is -2.18. The van der Waals surface area contributed by atoms with E-state index >= 15 is 0 Å². The molecule has 31 heavy (non-hydrogen) atoms. The van der Waals surface area contributed by atoms with Crippen LogP contribution in [0.2, 0.25) is 0 Å². The molecular weight excluding hydrogens is 520 g/mol. The second kappa shape index (κ2) is 10.2. The summed E-state index contributed by atoms with van der Waals surface area (Å²) in [4.78, 5) is 12.3. The summed E-state index contributed by atoms with van der Waals surface area (Å²) in [6.45, 7) is 6.89. The first-order chi connectivity index (χ1) is 14.7. The summed E-state index contributed by atoms with van der Waals surface area (Å²) in [5, 5.41) is 4.09. The number of hydrogen-bond acceptors (Lipinski definition) is 3. The van der Waals surface area contributed by atoms with Gasteiger partial charge in [0.2, 0.25) is 0 Å². The van der Waals surface area contributed by atoms with Gasteiger partial charge in [0.1, 0.15) is 12.4 Å². The van der Waals surface area contributed by atoms with Crippen molar-refractivity contribution in [1.82, 2.24) is 5.43 Å². The van der Waals surface area contributed by atoms with E-state index in [4.69, 9.17) is 4.74 Å². The van der Waals surface area contributed by atoms with E-state index in [1.807, 2.05) is 66.7 Å². The first kappa shape index (κ1) is 23.2. The highest BCUT2D eigenvalue weighted by molar-refractivity contribution is 9.11. The maximum atomic E-state index is 12.3. The lowest BCUT2D eigenvalue weighted by molar-refractivity contribution is 0.0955. The highest BCUT2D eigenvalue weighted by Gasteiger charge is 2.14. The normalized spacial score (nSPS) is 11.5. The number of rotatable bonds is 6. The zero-order valence-corrected chi connectivity index (χ0v) is 20.8. The monoisotopic (exact) mass is 542 g/mol. The standard InChI is InChI=1S/C25H24Br2N2O2/c1-25(2,3)20-11-9-19(10-12-20)24(30)29-28-15-18-13-21(26)23(22(27)14-18)31-16-17-7-5-4-6-8-17/h4-15H,16H2,1-3H3,(H,29,30)/b28-15-. The molecule has 0 radical (unpaired) electrons. The Labute approximate surface area is 200 Å². The summed E-state index contributed by atoms with van der Waals surface area (Å²) in [6, 6.07) is 21.3. The van der Waals surface area contributed by atoms with Crippen LogP contribution < -0.4 is 10.2 Å². The summed E-state index contributed by atoms with van der Waals surface area (Å²) in [5.74, 6) is 0.460. The maximum absolute atomic E-state index is 12.3. The fourth-order valence-corrected chi connectivity index (χ4v) is 4.32. The molecule has 0 fully saturated rings. The minimum Gasteiger partial charge on any atom is -0.487 e. The number of carbonyl (C=O) groups excluding carboxylic acids is 1. The molecule has 0 bridgehead atoms. The molecule has 0 aliphatic heterocycles. The van der Waals surface area contributed by atoms with Gasteiger partial charge in [0.05, 0.1) is 15.2 Å². The van der Waals surface area contributed by atoms with Gasteiger partial charge in [-0.15, -0.1) is 0 Å². The molecule has 4 nitrogen and oxygen atoms in total. The van der Waals surface area contributed by atoms with Gasteiger partial charge in [-0.1, -0.05) is 63.2 Å². The number of benzene rings is 3. The number of hydrazone groups is 1. The Kier molecular flexibility index (Phi) is 7.68. The lowest BCUT2D eigenvalue weighted by atomic mass is 9.87. The van der Waals surface area contributed by atoms with Gasteiger partial charge in [-0.25, -0.2) is 5.43 Å². The first-order valence-corrected chi connectivity index (χ1v) is 11.4. The van der Waals surface area contributed by atoms with Crippen molar-refractivity contribution in [1.29, 1.82) is 0 Å². The van der Waals surface area contributed by atoms with Crippen LogP contribution in [0.3, 0.4) is 0 Å².